The van der Waals surface area contributed by atoms with E-state index in [2.05, 4.69) is 22.0 Å². The molecule has 1 aliphatic heterocycles. The first-order valence-electron chi connectivity index (χ1n) is 11.1. The van der Waals surface area contributed by atoms with Crippen molar-refractivity contribution in [1.29, 1.82) is 0 Å². The second-order valence-electron chi connectivity index (χ2n) is 8.86. The van der Waals surface area contributed by atoms with Gasteiger partial charge >= 0.3 is 6.03 Å². The minimum Gasteiger partial charge on any atom is -0.378 e. The molecule has 7 heteroatoms. The molecule has 2 aliphatic rings. The highest BCUT2D eigenvalue weighted by Crippen LogP contribution is 2.28. The number of rotatable bonds is 4. The van der Waals surface area contributed by atoms with Crippen molar-refractivity contribution in [2.75, 3.05) is 19.0 Å². The predicted octanol–water partition coefficient (Wildman–Crippen LogP) is 3.95. The third kappa shape index (κ3) is 3.95. The second-order valence-corrected chi connectivity index (χ2v) is 8.86. The summed E-state index contributed by atoms with van der Waals surface area (Å²) in [5.74, 6) is -1.13. The van der Waals surface area contributed by atoms with Gasteiger partial charge in [0, 0.05) is 42.9 Å². The largest absolute Gasteiger partial charge is 0.378 e. The number of hydrogen-bond donors (Lipinski definition) is 1. The standard InChI is InChI=1S/C25H30N4O3/c1-16-14-18(17(2)28(16)21-12-10-19(11-13-21)27(3)4)15-22-23(30)26-25(32)29(24(22)31)20-8-6-5-7-9-20/h10-15,20H,5-9H2,1-4H3,(H,26,30,32). The van der Waals surface area contributed by atoms with Crippen LogP contribution in [0.1, 0.15) is 49.1 Å². The summed E-state index contributed by atoms with van der Waals surface area (Å²) >= 11 is 0. The van der Waals surface area contributed by atoms with Crippen molar-refractivity contribution in [3.05, 3.63) is 52.9 Å². The monoisotopic (exact) mass is 434 g/mol. The van der Waals surface area contributed by atoms with E-state index in [0.29, 0.717) is 0 Å². The molecule has 0 atom stereocenters. The molecular formula is C25H30N4O3. The average Bonchev–Trinajstić information content (AvgIpc) is 3.04. The van der Waals surface area contributed by atoms with E-state index < -0.39 is 17.8 Å². The Morgan fingerprint density at radius 1 is 1.00 bits per heavy atom. The SMILES string of the molecule is Cc1cc(C=C2C(=O)NC(=O)N(C3CCCCC3)C2=O)c(C)n1-c1ccc(N(C)C)cc1. The molecule has 0 unspecified atom stereocenters. The molecule has 1 aliphatic carbocycles. The van der Waals surface area contributed by atoms with Crippen LogP contribution in [0.3, 0.4) is 0 Å². The molecule has 4 rings (SSSR count). The van der Waals surface area contributed by atoms with E-state index in [1.807, 2.05) is 51.0 Å². The van der Waals surface area contributed by atoms with Gasteiger partial charge in [0.15, 0.2) is 0 Å². The molecule has 1 saturated carbocycles. The van der Waals surface area contributed by atoms with Crippen molar-refractivity contribution >= 4 is 29.6 Å². The van der Waals surface area contributed by atoms with E-state index in [9.17, 15) is 14.4 Å². The van der Waals surface area contributed by atoms with Gasteiger partial charge in [-0.1, -0.05) is 19.3 Å². The molecule has 0 radical (unpaired) electrons. The van der Waals surface area contributed by atoms with E-state index in [-0.39, 0.29) is 11.6 Å². The molecule has 7 nitrogen and oxygen atoms in total. The van der Waals surface area contributed by atoms with Crippen molar-refractivity contribution in [1.82, 2.24) is 14.8 Å². The molecular weight excluding hydrogens is 404 g/mol. The fourth-order valence-electron chi connectivity index (χ4n) is 4.73. The van der Waals surface area contributed by atoms with E-state index in [4.69, 9.17) is 0 Å². The lowest BCUT2D eigenvalue weighted by Gasteiger charge is -2.35. The number of benzene rings is 1. The summed E-state index contributed by atoms with van der Waals surface area (Å²) in [7, 11) is 4.00. The van der Waals surface area contributed by atoms with Crippen LogP contribution in [0.2, 0.25) is 0 Å². The fraction of sp³-hybridized carbons (Fsp3) is 0.400. The van der Waals surface area contributed by atoms with Crippen LogP contribution in [0, 0.1) is 13.8 Å². The van der Waals surface area contributed by atoms with Gasteiger partial charge in [0.05, 0.1) is 0 Å². The van der Waals surface area contributed by atoms with E-state index in [0.717, 1.165) is 60.4 Å². The van der Waals surface area contributed by atoms with Crippen LogP contribution in [0.4, 0.5) is 10.5 Å². The molecule has 0 bridgehead atoms. The number of hydrogen-bond acceptors (Lipinski definition) is 4. The highest BCUT2D eigenvalue weighted by atomic mass is 16.2. The first-order chi connectivity index (χ1) is 15.3. The van der Waals surface area contributed by atoms with Crippen molar-refractivity contribution in [2.45, 2.75) is 52.0 Å². The Morgan fingerprint density at radius 2 is 1.66 bits per heavy atom. The molecule has 168 valence electrons. The van der Waals surface area contributed by atoms with Crippen molar-refractivity contribution in [3.8, 4) is 5.69 Å². The lowest BCUT2D eigenvalue weighted by atomic mass is 9.93. The number of urea groups is 1. The summed E-state index contributed by atoms with van der Waals surface area (Å²) in [6, 6.07) is 9.42. The molecule has 0 spiro atoms. The number of imide groups is 2. The molecule has 1 aromatic heterocycles. The van der Waals surface area contributed by atoms with Crippen molar-refractivity contribution in [2.24, 2.45) is 0 Å². The molecule has 1 N–H and O–H groups in total. The number of anilines is 1. The minimum atomic E-state index is -0.632. The molecule has 2 fully saturated rings. The zero-order valence-corrected chi connectivity index (χ0v) is 19.1. The van der Waals surface area contributed by atoms with Crippen molar-refractivity contribution in [3.63, 3.8) is 0 Å². The van der Waals surface area contributed by atoms with Crippen LogP contribution in [-0.2, 0) is 9.59 Å². The second kappa shape index (κ2) is 8.65. The van der Waals surface area contributed by atoms with E-state index in [1.165, 1.54) is 4.90 Å². The highest BCUT2D eigenvalue weighted by molar-refractivity contribution is 6.31. The maximum atomic E-state index is 13.2. The summed E-state index contributed by atoms with van der Waals surface area (Å²) in [6.45, 7) is 3.96. The third-order valence-corrected chi connectivity index (χ3v) is 6.47. The maximum Gasteiger partial charge on any atom is 0.331 e. The number of carbonyl (C=O) groups is 3. The average molecular weight is 435 g/mol. The number of barbiturate groups is 1. The quantitative estimate of drug-likeness (QED) is 0.584. The molecule has 2 aromatic rings. The van der Waals surface area contributed by atoms with Gasteiger partial charge in [0.25, 0.3) is 11.8 Å². The zero-order chi connectivity index (χ0) is 23.0. The third-order valence-electron chi connectivity index (χ3n) is 6.47. The van der Waals surface area contributed by atoms with Crippen molar-refractivity contribution < 1.29 is 14.4 Å². The van der Waals surface area contributed by atoms with Gasteiger partial charge in [0.2, 0.25) is 0 Å². The smallest absolute Gasteiger partial charge is 0.331 e. The van der Waals surface area contributed by atoms with Gasteiger partial charge in [-0.15, -0.1) is 0 Å². The van der Waals surface area contributed by atoms with Crippen LogP contribution in [-0.4, -0.2) is 47.4 Å². The van der Waals surface area contributed by atoms with Gasteiger partial charge in [-0.2, -0.15) is 0 Å². The number of nitrogens with one attached hydrogen (secondary N) is 1. The lowest BCUT2D eigenvalue weighted by Crippen LogP contribution is -2.58. The fourth-order valence-corrected chi connectivity index (χ4v) is 4.73. The Bertz CT molecular complexity index is 1090. The molecule has 32 heavy (non-hydrogen) atoms. The summed E-state index contributed by atoms with van der Waals surface area (Å²) < 4.78 is 2.10. The molecule has 1 aromatic carbocycles. The normalized spacial score (nSPS) is 18.9. The zero-order valence-electron chi connectivity index (χ0n) is 19.1. The molecule has 2 heterocycles. The van der Waals surface area contributed by atoms with Crippen LogP contribution < -0.4 is 10.2 Å². The van der Waals surface area contributed by atoms with Crippen LogP contribution in [0.25, 0.3) is 11.8 Å². The summed E-state index contributed by atoms with van der Waals surface area (Å²) in [5, 5.41) is 2.36. The van der Waals surface area contributed by atoms with Crippen LogP contribution in [0.5, 0.6) is 0 Å². The Morgan fingerprint density at radius 3 is 2.28 bits per heavy atom. The number of nitrogens with zero attached hydrogens (tertiary/aromatic N) is 3. The Hall–Kier alpha value is -3.35. The Balaban J connectivity index is 1.68. The molecule has 4 amide bonds. The first kappa shape index (κ1) is 21.9. The number of aromatic nitrogens is 1. The van der Waals surface area contributed by atoms with Gasteiger partial charge < -0.3 is 9.47 Å². The first-order valence-corrected chi connectivity index (χ1v) is 11.1. The summed E-state index contributed by atoms with van der Waals surface area (Å²) in [6.07, 6.45) is 6.29. The number of aryl methyl sites for hydroxylation is 1. The van der Waals surface area contributed by atoms with Crippen LogP contribution >= 0.6 is 0 Å². The van der Waals surface area contributed by atoms with Gasteiger partial charge in [-0.25, -0.2) is 4.79 Å². The Kier molecular flexibility index (Phi) is 5.91. The maximum absolute atomic E-state index is 13.2. The lowest BCUT2D eigenvalue weighted by molar-refractivity contribution is -0.132. The molecule has 1 saturated heterocycles. The number of carbonyl (C=O) groups excluding carboxylic acids is 3. The predicted molar refractivity (Wildman–Crippen MR) is 125 cm³/mol. The number of amides is 4. The minimum absolute atomic E-state index is 0.0124. The van der Waals surface area contributed by atoms with Gasteiger partial charge in [-0.3, -0.25) is 19.8 Å². The van der Waals surface area contributed by atoms with Crippen LogP contribution in [0.15, 0.2) is 35.9 Å². The van der Waals surface area contributed by atoms with Gasteiger partial charge in [-0.05, 0) is 68.7 Å². The topological polar surface area (TPSA) is 74.6 Å². The highest BCUT2D eigenvalue weighted by Gasteiger charge is 2.40. The van der Waals surface area contributed by atoms with E-state index >= 15 is 0 Å². The summed E-state index contributed by atoms with van der Waals surface area (Å²) in [5.41, 5.74) is 4.84. The van der Waals surface area contributed by atoms with E-state index in [1.54, 1.807) is 6.08 Å². The Labute approximate surface area is 188 Å². The summed E-state index contributed by atoms with van der Waals surface area (Å²) in [4.78, 5) is 41.5. The van der Waals surface area contributed by atoms with Gasteiger partial charge in [0.1, 0.15) is 5.57 Å².